The van der Waals surface area contributed by atoms with E-state index in [-0.39, 0.29) is 11.3 Å². The van der Waals surface area contributed by atoms with Crippen LogP contribution in [0.25, 0.3) is 11.3 Å². The van der Waals surface area contributed by atoms with Crippen LogP contribution >= 0.6 is 0 Å². The van der Waals surface area contributed by atoms with Crippen LogP contribution in [0.2, 0.25) is 0 Å². The van der Waals surface area contributed by atoms with Gasteiger partial charge in [0.2, 0.25) is 0 Å². The molecule has 0 saturated heterocycles. The van der Waals surface area contributed by atoms with E-state index < -0.39 is 35.1 Å². The molecular formula is C14H7F6NO2. The molecule has 0 amide bonds. The Balaban J connectivity index is 2.54. The smallest absolute Gasteiger partial charge is 0.416 e. The van der Waals surface area contributed by atoms with Gasteiger partial charge in [-0.15, -0.1) is 0 Å². The second-order valence-corrected chi connectivity index (χ2v) is 4.50. The first-order chi connectivity index (χ1) is 10.5. The predicted molar refractivity (Wildman–Crippen MR) is 66.6 cm³/mol. The molecule has 122 valence electrons. The number of hydrogen-bond acceptors (Lipinski definition) is 2. The van der Waals surface area contributed by atoms with Crippen molar-refractivity contribution in [1.82, 2.24) is 4.98 Å². The summed E-state index contributed by atoms with van der Waals surface area (Å²) < 4.78 is 75.7. The Morgan fingerprint density at radius 2 is 1.39 bits per heavy atom. The fourth-order valence-electron chi connectivity index (χ4n) is 1.78. The van der Waals surface area contributed by atoms with Gasteiger partial charge in [-0.3, -0.25) is 0 Å². The van der Waals surface area contributed by atoms with E-state index in [1.165, 1.54) is 0 Å². The molecule has 0 saturated carbocycles. The summed E-state index contributed by atoms with van der Waals surface area (Å²) in [5.74, 6) is -1.68. The normalized spacial score (nSPS) is 12.3. The second-order valence-electron chi connectivity index (χ2n) is 4.50. The molecule has 0 aliphatic carbocycles. The predicted octanol–water partition coefficient (Wildman–Crippen LogP) is 4.48. The third kappa shape index (κ3) is 3.79. The Labute approximate surface area is 125 Å². The van der Waals surface area contributed by atoms with E-state index in [1.807, 2.05) is 0 Å². The monoisotopic (exact) mass is 335 g/mol. The van der Waals surface area contributed by atoms with Gasteiger partial charge in [0.25, 0.3) is 0 Å². The molecule has 0 spiro atoms. The Morgan fingerprint density at radius 1 is 0.870 bits per heavy atom. The first-order valence-corrected chi connectivity index (χ1v) is 5.98. The first-order valence-electron chi connectivity index (χ1n) is 5.98. The van der Waals surface area contributed by atoms with E-state index in [0.29, 0.717) is 24.3 Å². The second kappa shape index (κ2) is 5.56. The quantitative estimate of drug-likeness (QED) is 0.823. The maximum Gasteiger partial charge on any atom is 0.416 e. The largest absolute Gasteiger partial charge is 0.477 e. The zero-order valence-electron chi connectivity index (χ0n) is 11.0. The highest BCUT2D eigenvalue weighted by molar-refractivity contribution is 5.86. The van der Waals surface area contributed by atoms with E-state index in [4.69, 9.17) is 5.11 Å². The molecule has 0 bridgehead atoms. The molecule has 0 radical (unpaired) electrons. The standard InChI is InChI=1S/C14H7F6NO2/c15-13(16,17)8-3-1-7(2-4-8)10-5-9(14(18,19)20)6-11(21-10)12(22)23/h1-6H,(H,22,23). The molecule has 2 rings (SSSR count). The number of carboxylic acid groups (broad SMARTS) is 1. The van der Waals surface area contributed by atoms with E-state index in [1.54, 1.807) is 0 Å². The number of aromatic carboxylic acids is 1. The lowest BCUT2D eigenvalue weighted by Gasteiger charge is -2.11. The van der Waals surface area contributed by atoms with Crippen LogP contribution < -0.4 is 0 Å². The zero-order valence-corrected chi connectivity index (χ0v) is 11.0. The summed E-state index contributed by atoms with van der Waals surface area (Å²) in [6, 6.07) is 4.15. The van der Waals surface area contributed by atoms with Gasteiger partial charge in [-0.05, 0) is 24.3 Å². The average Bonchev–Trinajstić information content (AvgIpc) is 2.45. The van der Waals surface area contributed by atoms with Crippen molar-refractivity contribution in [2.24, 2.45) is 0 Å². The first kappa shape index (κ1) is 16.8. The van der Waals surface area contributed by atoms with Gasteiger partial charge in [0.15, 0.2) is 0 Å². The van der Waals surface area contributed by atoms with Crippen molar-refractivity contribution in [2.75, 3.05) is 0 Å². The van der Waals surface area contributed by atoms with Crippen molar-refractivity contribution in [2.45, 2.75) is 12.4 Å². The van der Waals surface area contributed by atoms with Crippen molar-refractivity contribution in [3.63, 3.8) is 0 Å². The maximum atomic E-state index is 12.8. The van der Waals surface area contributed by atoms with Crippen LogP contribution in [-0.2, 0) is 12.4 Å². The minimum Gasteiger partial charge on any atom is -0.477 e. The molecule has 2 aromatic rings. The van der Waals surface area contributed by atoms with Crippen LogP contribution in [0, 0.1) is 0 Å². The Morgan fingerprint density at radius 3 is 1.83 bits per heavy atom. The van der Waals surface area contributed by atoms with Crippen molar-refractivity contribution >= 4 is 5.97 Å². The Hall–Kier alpha value is -2.58. The van der Waals surface area contributed by atoms with Crippen molar-refractivity contribution in [3.8, 4) is 11.3 Å². The lowest BCUT2D eigenvalue weighted by atomic mass is 10.1. The van der Waals surface area contributed by atoms with Crippen LogP contribution in [0.4, 0.5) is 26.3 Å². The average molecular weight is 335 g/mol. The van der Waals surface area contributed by atoms with Crippen molar-refractivity contribution in [3.05, 3.63) is 53.2 Å². The lowest BCUT2D eigenvalue weighted by Crippen LogP contribution is -2.10. The maximum absolute atomic E-state index is 12.8. The number of halogens is 6. The van der Waals surface area contributed by atoms with Gasteiger partial charge in [-0.2, -0.15) is 26.3 Å². The summed E-state index contributed by atoms with van der Waals surface area (Å²) in [5, 5.41) is 8.82. The minimum absolute atomic E-state index is 0.0633. The topological polar surface area (TPSA) is 50.2 Å². The summed E-state index contributed by atoms with van der Waals surface area (Å²) in [6.45, 7) is 0. The van der Waals surface area contributed by atoms with Gasteiger partial charge in [-0.25, -0.2) is 9.78 Å². The molecule has 0 atom stereocenters. The third-order valence-electron chi connectivity index (χ3n) is 2.88. The summed E-state index contributed by atoms with van der Waals surface area (Å²) in [7, 11) is 0. The molecule has 0 fully saturated rings. The Kier molecular flexibility index (Phi) is 4.06. The molecule has 0 aliphatic rings. The van der Waals surface area contributed by atoms with Crippen LogP contribution in [-0.4, -0.2) is 16.1 Å². The number of carbonyl (C=O) groups is 1. The van der Waals surface area contributed by atoms with Crippen molar-refractivity contribution < 1.29 is 36.2 Å². The van der Waals surface area contributed by atoms with E-state index in [2.05, 4.69) is 4.98 Å². The van der Waals surface area contributed by atoms with Crippen LogP contribution in [0.15, 0.2) is 36.4 Å². The summed E-state index contributed by atoms with van der Waals surface area (Å²) >= 11 is 0. The Bertz CT molecular complexity index is 734. The fourth-order valence-corrected chi connectivity index (χ4v) is 1.78. The minimum atomic E-state index is -4.81. The lowest BCUT2D eigenvalue weighted by molar-refractivity contribution is -0.138. The third-order valence-corrected chi connectivity index (χ3v) is 2.88. The molecule has 0 unspecified atom stereocenters. The zero-order chi connectivity index (χ0) is 17.4. The van der Waals surface area contributed by atoms with Crippen LogP contribution in [0.3, 0.4) is 0 Å². The number of carboxylic acids is 1. The number of rotatable bonds is 2. The van der Waals surface area contributed by atoms with Crippen molar-refractivity contribution in [1.29, 1.82) is 0 Å². The molecule has 23 heavy (non-hydrogen) atoms. The van der Waals surface area contributed by atoms with E-state index in [9.17, 15) is 31.1 Å². The van der Waals surface area contributed by atoms with Crippen LogP contribution in [0.1, 0.15) is 21.6 Å². The SMILES string of the molecule is O=C(O)c1cc(C(F)(F)F)cc(-c2ccc(C(F)(F)F)cc2)n1. The molecular weight excluding hydrogens is 328 g/mol. The van der Waals surface area contributed by atoms with Gasteiger partial charge in [0, 0.05) is 5.56 Å². The fraction of sp³-hybridized carbons (Fsp3) is 0.143. The summed E-state index contributed by atoms with van der Waals surface area (Å²) in [4.78, 5) is 14.4. The van der Waals surface area contributed by atoms with Crippen LogP contribution in [0.5, 0.6) is 0 Å². The molecule has 1 aromatic heterocycles. The van der Waals surface area contributed by atoms with Gasteiger partial charge >= 0.3 is 18.3 Å². The molecule has 9 heteroatoms. The van der Waals surface area contributed by atoms with E-state index >= 15 is 0 Å². The summed E-state index contributed by atoms with van der Waals surface area (Å²) in [6.07, 6.45) is -9.40. The molecule has 1 heterocycles. The number of pyridine rings is 1. The number of alkyl halides is 6. The number of hydrogen-bond donors (Lipinski definition) is 1. The molecule has 3 nitrogen and oxygen atoms in total. The van der Waals surface area contributed by atoms with Gasteiger partial charge in [-0.1, -0.05) is 12.1 Å². The molecule has 0 aliphatic heterocycles. The van der Waals surface area contributed by atoms with Gasteiger partial charge in [0.1, 0.15) is 5.69 Å². The molecule has 1 N–H and O–H groups in total. The van der Waals surface area contributed by atoms with Gasteiger partial charge in [0.05, 0.1) is 16.8 Å². The number of benzene rings is 1. The highest BCUT2D eigenvalue weighted by Crippen LogP contribution is 2.34. The highest BCUT2D eigenvalue weighted by atomic mass is 19.4. The molecule has 1 aromatic carbocycles. The number of nitrogens with zero attached hydrogens (tertiary/aromatic N) is 1. The summed E-state index contributed by atoms with van der Waals surface area (Å²) in [5.41, 5.74) is -3.53. The van der Waals surface area contributed by atoms with Gasteiger partial charge < -0.3 is 5.11 Å². The number of aromatic nitrogens is 1. The van der Waals surface area contributed by atoms with E-state index in [0.717, 1.165) is 12.1 Å². The highest BCUT2D eigenvalue weighted by Gasteiger charge is 2.33.